The lowest BCUT2D eigenvalue weighted by atomic mass is 10.1. The van der Waals surface area contributed by atoms with Crippen LogP contribution in [-0.4, -0.2) is 29.8 Å². The normalized spacial score (nSPS) is 10.4. The third kappa shape index (κ3) is 3.10. The van der Waals surface area contributed by atoms with Gasteiger partial charge in [-0.2, -0.15) is 0 Å². The number of thiocarbonyl (C=S) groups is 1. The third-order valence-electron chi connectivity index (χ3n) is 2.37. The van der Waals surface area contributed by atoms with Crippen LogP contribution in [0.15, 0.2) is 12.1 Å². The molecule has 1 rings (SSSR count). The van der Waals surface area contributed by atoms with Gasteiger partial charge in [-0.05, 0) is 19.1 Å². The Morgan fingerprint density at radius 1 is 1.41 bits per heavy atom. The van der Waals surface area contributed by atoms with Crippen molar-refractivity contribution in [2.45, 2.75) is 6.92 Å². The lowest BCUT2D eigenvalue weighted by Gasteiger charge is -2.23. The number of anilines is 1. The molecule has 0 aliphatic carbocycles. The van der Waals surface area contributed by atoms with Gasteiger partial charge >= 0.3 is 0 Å². The van der Waals surface area contributed by atoms with E-state index in [9.17, 15) is 8.78 Å². The van der Waals surface area contributed by atoms with Crippen LogP contribution in [0.3, 0.4) is 0 Å². The van der Waals surface area contributed by atoms with Gasteiger partial charge in [-0.3, -0.25) is 0 Å². The zero-order valence-electron chi connectivity index (χ0n) is 9.41. The van der Waals surface area contributed by atoms with Gasteiger partial charge in [0.15, 0.2) is 0 Å². The first-order valence-corrected chi connectivity index (χ1v) is 5.56. The number of benzene rings is 1. The molecule has 0 radical (unpaired) electrons. The van der Waals surface area contributed by atoms with Gasteiger partial charge in [-0.25, -0.2) is 8.78 Å². The van der Waals surface area contributed by atoms with Crippen LogP contribution in [0.4, 0.5) is 14.5 Å². The van der Waals surface area contributed by atoms with Crippen LogP contribution >= 0.6 is 12.2 Å². The molecule has 0 aliphatic rings. The number of aliphatic hydroxyl groups excluding tert-OH is 1. The molecule has 0 fully saturated rings. The molecule has 0 bridgehead atoms. The Morgan fingerprint density at radius 2 is 1.94 bits per heavy atom. The molecule has 0 unspecified atom stereocenters. The van der Waals surface area contributed by atoms with E-state index in [1.807, 2.05) is 0 Å². The van der Waals surface area contributed by atoms with E-state index < -0.39 is 11.6 Å². The molecule has 94 valence electrons. The minimum atomic E-state index is -0.733. The molecule has 0 aromatic heterocycles. The minimum Gasteiger partial charge on any atom is -0.395 e. The van der Waals surface area contributed by atoms with E-state index in [0.717, 1.165) is 12.1 Å². The fourth-order valence-corrected chi connectivity index (χ4v) is 1.68. The second-order valence-corrected chi connectivity index (χ2v) is 3.90. The highest BCUT2D eigenvalue weighted by atomic mass is 32.1. The number of aliphatic hydroxyl groups is 1. The Hall–Kier alpha value is -1.27. The van der Waals surface area contributed by atoms with Crippen molar-refractivity contribution in [1.82, 2.24) is 0 Å². The molecule has 0 spiro atoms. The highest BCUT2D eigenvalue weighted by molar-refractivity contribution is 7.80. The van der Waals surface area contributed by atoms with Crippen molar-refractivity contribution in [2.24, 2.45) is 5.73 Å². The number of halogens is 2. The molecular formula is C11H14F2N2OS. The molecule has 17 heavy (non-hydrogen) atoms. The number of nitrogens with zero attached hydrogens (tertiary/aromatic N) is 1. The van der Waals surface area contributed by atoms with Gasteiger partial charge in [0.2, 0.25) is 0 Å². The standard InChI is InChI=1S/C11H14F2N2OS/c1-2-15(3-4-16)10-8(12)5-7(11(14)17)6-9(10)13/h5-6,16H,2-4H2,1H3,(H2,14,17). The SMILES string of the molecule is CCN(CCO)c1c(F)cc(C(N)=S)cc1F. The Morgan fingerprint density at radius 3 is 2.29 bits per heavy atom. The molecule has 1 aromatic carbocycles. The highest BCUT2D eigenvalue weighted by Crippen LogP contribution is 2.24. The largest absolute Gasteiger partial charge is 0.395 e. The predicted molar refractivity (Wildman–Crippen MR) is 67.2 cm³/mol. The summed E-state index contributed by atoms with van der Waals surface area (Å²) < 4.78 is 27.5. The van der Waals surface area contributed by atoms with Crippen LogP contribution in [-0.2, 0) is 0 Å². The molecule has 0 atom stereocenters. The molecule has 0 saturated heterocycles. The summed E-state index contributed by atoms with van der Waals surface area (Å²) >= 11 is 4.66. The summed E-state index contributed by atoms with van der Waals surface area (Å²) in [4.78, 5) is 1.35. The van der Waals surface area contributed by atoms with E-state index in [4.69, 9.17) is 10.8 Å². The monoisotopic (exact) mass is 260 g/mol. The van der Waals surface area contributed by atoms with E-state index in [2.05, 4.69) is 12.2 Å². The molecule has 0 saturated carbocycles. The molecule has 3 N–H and O–H groups in total. The molecule has 6 heteroatoms. The summed E-state index contributed by atoms with van der Waals surface area (Å²) in [6, 6.07) is 2.20. The highest BCUT2D eigenvalue weighted by Gasteiger charge is 2.17. The number of rotatable bonds is 5. The topological polar surface area (TPSA) is 49.5 Å². The number of likely N-dealkylation sites (N-methyl/N-ethyl adjacent to an activating group) is 1. The van der Waals surface area contributed by atoms with Crippen molar-refractivity contribution < 1.29 is 13.9 Å². The maximum absolute atomic E-state index is 13.8. The zero-order chi connectivity index (χ0) is 13.0. The van der Waals surface area contributed by atoms with Crippen molar-refractivity contribution >= 4 is 22.9 Å². The van der Waals surface area contributed by atoms with Crippen molar-refractivity contribution in [1.29, 1.82) is 0 Å². The summed E-state index contributed by atoms with van der Waals surface area (Å²) in [5, 5.41) is 8.83. The fraction of sp³-hybridized carbons (Fsp3) is 0.364. The first-order valence-electron chi connectivity index (χ1n) is 5.15. The molecule has 0 aliphatic heterocycles. The average Bonchev–Trinajstić information content (AvgIpc) is 2.26. The van der Waals surface area contributed by atoms with Gasteiger partial charge in [-0.15, -0.1) is 0 Å². The lowest BCUT2D eigenvalue weighted by molar-refractivity contribution is 0.301. The Labute approximate surface area is 104 Å². The van der Waals surface area contributed by atoms with E-state index in [1.165, 1.54) is 4.90 Å². The van der Waals surface area contributed by atoms with Gasteiger partial charge in [0.25, 0.3) is 0 Å². The minimum absolute atomic E-state index is 0.0560. The molecule has 0 heterocycles. The van der Waals surface area contributed by atoms with Crippen LogP contribution in [0.1, 0.15) is 12.5 Å². The van der Waals surface area contributed by atoms with E-state index >= 15 is 0 Å². The van der Waals surface area contributed by atoms with Gasteiger partial charge in [-0.1, -0.05) is 12.2 Å². The van der Waals surface area contributed by atoms with Crippen molar-refractivity contribution in [2.75, 3.05) is 24.6 Å². The van der Waals surface area contributed by atoms with Gasteiger partial charge in [0, 0.05) is 18.7 Å². The lowest BCUT2D eigenvalue weighted by Crippen LogP contribution is -2.28. The molecule has 1 aromatic rings. The maximum atomic E-state index is 13.8. The van der Waals surface area contributed by atoms with Gasteiger partial charge in [0.05, 0.1) is 6.61 Å². The smallest absolute Gasteiger partial charge is 0.150 e. The van der Waals surface area contributed by atoms with Crippen molar-refractivity contribution in [3.63, 3.8) is 0 Å². The Bertz CT molecular complexity index is 403. The van der Waals surface area contributed by atoms with Gasteiger partial charge in [0.1, 0.15) is 22.3 Å². The second kappa shape index (κ2) is 5.88. The summed E-state index contributed by atoms with van der Waals surface area (Å²) in [6.07, 6.45) is 0. The summed E-state index contributed by atoms with van der Waals surface area (Å²) in [7, 11) is 0. The maximum Gasteiger partial charge on any atom is 0.150 e. The zero-order valence-corrected chi connectivity index (χ0v) is 10.2. The fourth-order valence-electron chi connectivity index (χ4n) is 1.56. The number of hydrogen-bond donors (Lipinski definition) is 2. The first kappa shape index (κ1) is 13.8. The molecular weight excluding hydrogens is 246 g/mol. The van der Waals surface area contributed by atoms with E-state index in [1.54, 1.807) is 6.92 Å². The summed E-state index contributed by atoms with van der Waals surface area (Å²) in [5.41, 5.74) is 5.30. The van der Waals surface area contributed by atoms with Crippen molar-refractivity contribution in [3.05, 3.63) is 29.3 Å². The Balaban J connectivity index is 3.20. The summed E-state index contributed by atoms with van der Waals surface area (Å²) in [6.45, 7) is 2.12. The van der Waals surface area contributed by atoms with Crippen LogP contribution in [0, 0.1) is 11.6 Å². The number of hydrogen-bond acceptors (Lipinski definition) is 3. The average molecular weight is 260 g/mol. The number of nitrogens with two attached hydrogens (primary N) is 1. The quantitative estimate of drug-likeness (QED) is 0.786. The molecule has 3 nitrogen and oxygen atoms in total. The third-order valence-corrected chi connectivity index (χ3v) is 2.60. The van der Waals surface area contributed by atoms with Crippen LogP contribution in [0.5, 0.6) is 0 Å². The van der Waals surface area contributed by atoms with Crippen molar-refractivity contribution in [3.8, 4) is 0 Å². The summed E-state index contributed by atoms with van der Waals surface area (Å²) in [5.74, 6) is -1.47. The first-order chi connectivity index (χ1) is 8.01. The van der Waals surface area contributed by atoms with Crippen LogP contribution in [0.2, 0.25) is 0 Å². The van der Waals surface area contributed by atoms with E-state index in [-0.39, 0.29) is 29.4 Å². The van der Waals surface area contributed by atoms with Gasteiger partial charge < -0.3 is 15.7 Å². The Kier molecular flexibility index (Phi) is 4.77. The predicted octanol–water partition coefficient (Wildman–Crippen LogP) is 1.42. The van der Waals surface area contributed by atoms with Crippen LogP contribution in [0.25, 0.3) is 0 Å². The van der Waals surface area contributed by atoms with E-state index in [0.29, 0.717) is 6.54 Å². The molecule has 0 amide bonds. The van der Waals surface area contributed by atoms with Crippen LogP contribution < -0.4 is 10.6 Å². The second-order valence-electron chi connectivity index (χ2n) is 3.46.